The molecule has 2 amide bonds. The minimum absolute atomic E-state index is 0.0273. The summed E-state index contributed by atoms with van der Waals surface area (Å²) in [6, 6.07) is 27.3. The lowest BCUT2D eigenvalue weighted by molar-refractivity contribution is -0.130. The lowest BCUT2D eigenvalue weighted by Gasteiger charge is -2.22. The molecule has 0 spiro atoms. The molecule has 0 bridgehead atoms. The summed E-state index contributed by atoms with van der Waals surface area (Å²) in [6.07, 6.45) is 1.23. The van der Waals surface area contributed by atoms with Crippen molar-refractivity contribution in [2.45, 2.75) is 19.4 Å². The van der Waals surface area contributed by atoms with Crippen molar-refractivity contribution in [3.05, 3.63) is 96.1 Å². The van der Waals surface area contributed by atoms with Gasteiger partial charge in [0.15, 0.2) is 0 Å². The Balaban J connectivity index is 1.21. The predicted octanol–water partition coefficient (Wildman–Crippen LogP) is 3.98. The van der Waals surface area contributed by atoms with Crippen molar-refractivity contribution in [3.8, 4) is 5.75 Å². The fraction of sp³-hybridized carbons (Fsp3) is 0.286. The lowest BCUT2D eigenvalue weighted by atomic mass is 10.1. The van der Waals surface area contributed by atoms with Crippen LogP contribution in [0, 0.1) is 0 Å². The first-order valence-electron chi connectivity index (χ1n) is 11.8. The molecule has 1 aliphatic heterocycles. The number of carbonyl (C=O) groups excluding carboxylic acids is 2. The quantitative estimate of drug-likeness (QED) is 0.556. The Hall–Kier alpha value is -3.64. The summed E-state index contributed by atoms with van der Waals surface area (Å²) in [6.45, 7) is 3.71. The largest absolute Gasteiger partial charge is 0.489 e. The number of anilines is 1. The summed E-state index contributed by atoms with van der Waals surface area (Å²) in [5.74, 6) is 0.883. The van der Waals surface area contributed by atoms with Crippen molar-refractivity contribution in [3.63, 3.8) is 0 Å². The van der Waals surface area contributed by atoms with E-state index in [1.165, 1.54) is 0 Å². The van der Waals surface area contributed by atoms with Gasteiger partial charge in [-0.3, -0.25) is 14.5 Å². The zero-order chi connectivity index (χ0) is 23.6. The SMILES string of the molecule is O=C(CN1CCCN(C(=O)Cc2ccc(OCc3ccccc3)cc2)CC1)Nc1ccccc1. The standard InChI is InChI=1S/C28H31N3O3/c32-27(29-25-10-5-2-6-11-25)21-30-16-7-17-31(19-18-30)28(33)20-23-12-14-26(15-13-23)34-22-24-8-3-1-4-9-24/h1-6,8-15H,7,16-22H2,(H,29,32). The number of nitrogens with one attached hydrogen (secondary N) is 1. The van der Waals surface area contributed by atoms with Crippen LogP contribution in [0.15, 0.2) is 84.9 Å². The number of benzene rings is 3. The summed E-state index contributed by atoms with van der Waals surface area (Å²) in [5, 5.41) is 2.93. The van der Waals surface area contributed by atoms with Gasteiger partial charge < -0.3 is 15.0 Å². The number of carbonyl (C=O) groups is 2. The molecule has 0 unspecified atom stereocenters. The lowest BCUT2D eigenvalue weighted by Crippen LogP contribution is -2.38. The number of amides is 2. The van der Waals surface area contributed by atoms with Gasteiger partial charge in [-0.2, -0.15) is 0 Å². The first-order chi connectivity index (χ1) is 16.7. The molecule has 0 atom stereocenters. The molecule has 176 valence electrons. The number of nitrogens with zero attached hydrogens (tertiary/aromatic N) is 2. The fourth-order valence-corrected chi connectivity index (χ4v) is 4.03. The van der Waals surface area contributed by atoms with Crippen LogP contribution in [0.5, 0.6) is 5.75 Å². The zero-order valence-electron chi connectivity index (χ0n) is 19.4. The molecule has 1 fully saturated rings. The number of hydrogen-bond acceptors (Lipinski definition) is 4. The van der Waals surface area contributed by atoms with E-state index in [9.17, 15) is 9.59 Å². The van der Waals surface area contributed by atoms with Crippen LogP contribution in [0.1, 0.15) is 17.5 Å². The highest BCUT2D eigenvalue weighted by Crippen LogP contribution is 2.16. The smallest absolute Gasteiger partial charge is 0.238 e. The van der Waals surface area contributed by atoms with E-state index in [1.54, 1.807) is 0 Å². The summed E-state index contributed by atoms with van der Waals surface area (Å²) >= 11 is 0. The summed E-state index contributed by atoms with van der Waals surface area (Å²) in [7, 11) is 0. The van der Waals surface area contributed by atoms with E-state index in [0.29, 0.717) is 39.2 Å². The van der Waals surface area contributed by atoms with Gasteiger partial charge in [0.05, 0.1) is 13.0 Å². The van der Waals surface area contributed by atoms with E-state index >= 15 is 0 Å². The maximum Gasteiger partial charge on any atom is 0.238 e. The Morgan fingerprint density at radius 1 is 0.765 bits per heavy atom. The van der Waals surface area contributed by atoms with E-state index < -0.39 is 0 Å². The number of ether oxygens (including phenoxy) is 1. The van der Waals surface area contributed by atoms with Gasteiger partial charge in [-0.15, -0.1) is 0 Å². The van der Waals surface area contributed by atoms with Gasteiger partial charge in [-0.25, -0.2) is 0 Å². The van der Waals surface area contributed by atoms with Crippen molar-refractivity contribution < 1.29 is 14.3 Å². The Morgan fingerprint density at radius 2 is 1.47 bits per heavy atom. The Bertz CT molecular complexity index is 1060. The first-order valence-corrected chi connectivity index (χ1v) is 11.8. The second-order valence-corrected chi connectivity index (χ2v) is 8.52. The average Bonchev–Trinajstić information content (AvgIpc) is 3.10. The monoisotopic (exact) mass is 457 g/mol. The molecule has 6 heteroatoms. The van der Waals surface area contributed by atoms with E-state index in [1.807, 2.05) is 89.8 Å². The topological polar surface area (TPSA) is 61.9 Å². The normalized spacial score (nSPS) is 14.3. The minimum Gasteiger partial charge on any atom is -0.489 e. The highest BCUT2D eigenvalue weighted by Gasteiger charge is 2.20. The third-order valence-electron chi connectivity index (χ3n) is 5.89. The average molecular weight is 458 g/mol. The zero-order valence-corrected chi connectivity index (χ0v) is 19.4. The van der Waals surface area contributed by atoms with Crippen molar-refractivity contribution in [2.24, 2.45) is 0 Å². The molecular weight excluding hydrogens is 426 g/mol. The maximum absolute atomic E-state index is 12.9. The van der Waals surface area contributed by atoms with Crippen LogP contribution in [0.2, 0.25) is 0 Å². The molecular formula is C28H31N3O3. The van der Waals surface area contributed by atoms with Gasteiger partial charge in [0.25, 0.3) is 0 Å². The highest BCUT2D eigenvalue weighted by atomic mass is 16.5. The second kappa shape index (κ2) is 12.0. The molecule has 1 aliphatic rings. The molecule has 0 saturated carbocycles. The summed E-state index contributed by atoms with van der Waals surface area (Å²) in [4.78, 5) is 29.3. The summed E-state index contributed by atoms with van der Waals surface area (Å²) < 4.78 is 5.83. The van der Waals surface area contributed by atoms with E-state index in [-0.39, 0.29) is 11.8 Å². The van der Waals surface area contributed by atoms with Crippen LogP contribution >= 0.6 is 0 Å². The van der Waals surface area contributed by atoms with Crippen LogP contribution in [0.25, 0.3) is 0 Å². The molecule has 34 heavy (non-hydrogen) atoms. The van der Waals surface area contributed by atoms with E-state index in [4.69, 9.17) is 4.74 Å². The van der Waals surface area contributed by atoms with Crippen LogP contribution in [0.4, 0.5) is 5.69 Å². The second-order valence-electron chi connectivity index (χ2n) is 8.52. The third kappa shape index (κ3) is 7.18. The van der Waals surface area contributed by atoms with Crippen LogP contribution in [-0.2, 0) is 22.6 Å². The number of hydrogen-bond donors (Lipinski definition) is 1. The minimum atomic E-state index is -0.0273. The van der Waals surface area contributed by atoms with Gasteiger partial charge in [0, 0.05) is 31.9 Å². The van der Waals surface area contributed by atoms with Gasteiger partial charge in [-0.1, -0.05) is 60.7 Å². The molecule has 1 N–H and O–H groups in total. The van der Waals surface area contributed by atoms with Gasteiger partial charge in [0.1, 0.15) is 12.4 Å². The molecule has 4 rings (SSSR count). The van der Waals surface area contributed by atoms with Crippen LogP contribution in [-0.4, -0.2) is 54.3 Å². The Kier molecular flexibility index (Phi) is 8.30. The molecule has 1 saturated heterocycles. The van der Waals surface area contributed by atoms with Crippen molar-refractivity contribution in [1.82, 2.24) is 9.80 Å². The highest BCUT2D eigenvalue weighted by molar-refractivity contribution is 5.92. The van der Waals surface area contributed by atoms with Crippen molar-refractivity contribution in [1.29, 1.82) is 0 Å². The summed E-state index contributed by atoms with van der Waals surface area (Å²) in [5.41, 5.74) is 2.89. The molecule has 0 aliphatic carbocycles. The predicted molar refractivity (Wildman–Crippen MR) is 134 cm³/mol. The van der Waals surface area contributed by atoms with Crippen molar-refractivity contribution >= 4 is 17.5 Å². The van der Waals surface area contributed by atoms with Gasteiger partial charge in [0.2, 0.25) is 11.8 Å². The first kappa shape index (κ1) is 23.5. The molecule has 1 heterocycles. The number of para-hydroxylation sites is 1. The van der Waals surface area contributed by atoms with Crippen LogP contribution in [0.3, 0.4) is 0 Å². The Morgan fingerprint density at radius 3 is 2.21 bits per heavy atom. The van der Waals surface area contributed by atoms with E-state index in [0.717, 1.165) is 35.5 Å². The molecule has 0 radical (unpaired) electrons. The molecule has 3 aromatic carbocycles. The third-order valence-corrected chi connectivity index (χ3v) is 5.89. The number of rotatable bonds is 8. The molecule has 6 nitrogen and oxygen atoms in total. The maximum atomic E-state index is 12.9. The fourth-order valence-electron chi connectivity index (χ4n) is 4.03. The molecule has 3 aromatic rings. The van der Waals surface area contributed by atoms with Crippen LogP contribution < -0.4 is 10.1 Å². The Labute approximate surface area is 201 Å². The van der Waals surface area contributed by atoms with Gasteiger partial charge in [-0.05, 0) is 41.8 Å². The van der Waals surface area contributed by atoms with Crippen molar-refractivity contribution in [2.75, 3.05) is 38.0 Å². The van der Waals surface area contributed by atoms with Gasteiger partial charge >= 0.3 is 0 Å². The molecule has 0 aromatic heterocycles. The van der Waals surface area contributed by atoms with E-state index in [2.05, 4.69) is 10.2 Å².